The first kappa shape index (κ1) is 12.8. The van der Waals surface area contributed by atoms with Gasteiger partial charge in [0.1, 0.15) is 6.10 Å². The second kappa shape index (κ2) is 5.06. The van der Waals surface area contributed by atoms with Crippen LogP contribution in [-0.2, 0) is 14.2 Å². The van der Waals surface area contributed by atoms with E-state index in [9.17, 15) is 0 Å². The smallest absolute Gasteiger partial charge is 0.163 e. The molecule has 0 aliphatic carbocycles. The molecule has 0 radical (unpaired) electrons. The molecule has 3 rings (SSSR count). The van der Waals surface area contributed by atoms with E-state index in [0.717, 1.165) is 45.8 Å². The molecule has 5 heteroatoms. The third-order valence-electron chi connectivity index (χ3n) is 3.97. The highest BCUT2D eigenvalue weighted by atomic mass is 16.8. The number of ether oxygens (including phenoxy) is 3. The summed E-state index contributed by atoms with van der Waals surface area (Å²) in [5.74, 6) is -0.454. The van der Waals surface area contributed by atoms with Crippen LogP contribution in [0.4, 0.5) is 0 Å². The quantitative estimate of drug-likeness (QED) is 0.764. The van der Waals surface area contributed by atoms with Crippen LogP contribution < -0.4 is 5.32 Å². The van der Waals surface area contributed by atoms with Crippen LogP contribution in [0.15, 0.2) is 0 Å². The van der Waals surface area contributed by atoms with Gasteiger partial charge in [0.15, 0.2) is 5.79 Å². The maximum absolute atomic E-state index is 6.02. The zero-order chi connectivity index (χ0) is 12.6. The molecule has 3 saturated heterocycles. The lowest BCUT2D eigenvalue weighted by atomic mass is 10.0. The summed E-state index contributed by atoms with van der Waals surface area (Å²) in [6.45, 7) is 10.1. The standard InChI is InChI=1S/C13H24N2O3/c1-13(2)17-10-3-8-16-11(12(10)18-13)9-15-6-4-14-5-7-15/h10-12,14H,3-9H2,1-2H3/t10-,11-,12-/m1/s1. The number of nitrogens with one attached hydrogen (secondary N) is 1. The Bertz CT molecular complexity index is 292. The number of piperazine rings is 1. The number of hydrogen-bond donors (Lipinski definition) is 1. The Morgan fingerprint density at radius 3 is 2.78 bits per heavy atom. The van der Waals surface area contributed by atoms with Gasteiger partial charge in [0.25, 0.3) is 0 Å². The van der Waals surface area contributed by atoms with E-state index in [1.54, 1.807) is 0 Å². The Morgan fingerprint density at radius 1 is 1.22 bits per heavy atom. The molecule has 104 valence electrons. The molecule has 5 nitrogen and oxygen atoms in total. The molecule has 18 heavy (non-hydrogen) atoms. The van der Waals surface area contributed by atoms with Crippen LogP contribution in [-0.4, -0.2) is 68.3 Å². The Hall–Kier alpha value is -0.200. The Morgan fingerprint density at radius 2 is 2.00 bits per heavy atom. The molecule has 0 aromatic heterocycles. The molecule has 3 heterocycles. The van der Waals surface area contributed by atoms with Crippen molar-refractivity contribution in [1.29, 1.82) is 0 Å². The van der Waals surface area contributed by atoms with Gasteiger partial charge in [-0.3, -0.25) is 4.90 Å². The SMILES string of the molecule is CC1(C)O[C@H]2[C@@H](CN3CCNCC3)OCC[C@H]2O1. The number of hydrogen-bond acceptors (Lipinski definition) is 5. The first-order valence-corrected chi connectivity index (χ1v) is 7.04. The Balaban J connectivity index is 1.61. The van der Waals surface area contributed by atoms with Gasteiger partial charge < -0.3 is 19.5 Å². The molecule has 3 fully saturated rings. The van der Waals surface area contributed by atoms with Crippen molar-refractivity contribution < 1.29 is 14.2 Å². The summed E-state index contributed by atoms with van der Waals surface area (Å²) in [6.07, 6.45) is 1.42. The summed E-state index contributed by atoms with van der Waals surface area (Å²) >= 11 is 0. The van der Waals surface area contributed by atoms with Gasteiger partial charge in [-0.15, -0.1) is 0 Å². The number of rotatable bonds is 2. The van der Waals surface area contributed by atoms with Crippen LogP contribution >= 0.6 is 0 Å². The second-order valence-electron chi connectivity index (χ2n) is 5.89. The normalized spacial score (nSPS) is 40.7. The fraction of sp³-hybridized carbons (Fsp3) is 1.00. The molecule has 0 aromatic rings. The predicted molar refractivity (Wildman–Crippen MR) is 67.5 cm³/mol. The van der Waals surface area contributed by atoms with E-state index >= 15 is 0 Å². The molecular weight excluding hydrogens is 232 g/mol. The van der Waals surface area contributed by atoms with Gasteiger partial charge >= 0.3 is 0 Å². The maximum atomic E-state index is 6.02. The summed E-state index contributed by atoms with van der Waals surface area (Å²) in [7, 11) is 0. The number of fused-ring (bicyclic) bond motifs is 1. The van der Waals surface area contributed by atoms with Gasteiger partial charge in [0, 0.05) is 39.3 Å². The van der Waals surface area contributed by atoms with Crippen molar-refractivity contribution in [2.24, 2.45) is 0 Å². The van der Waals surface area contributed by atoms with Crippen LogP contribution in [0, 0.1) is 0 Å². The maximum Gasteiger partial charge on any atom is 0.163 e. The molecule has 0 saturated carbocycles. The highest BCUT2D eigenvalue weighted by Crippen LogP contribution is 2.35. The second-order valence-corrected chi connectivity index (χ2v) is 5.89. The minimum atomic E-state index is -0.454. The molecule has 3 aliphatic heterocycles. The van der Waals surface area contributed by atoms with Crippen LogP contribution in [0.25, 0.3) is 0 Å². The first-order chi connectivity index (χ1) is 8.64. The Kier molecular flexibility index (Phi) is 3.60. The molecule has 0 amide bonds. The highest BCUT2D eigenvalue weighted by Gasteiger charge is 2.47. The van der Waals surface area contributed by atoms with E-state index < -0.39 is 5.79 Å². The molecule has 0 bridgehead atoms. The monoisotopic (exact) mass is 256 g/mol. The van der Waals surface area contributed by atoms with Gasteiger partial charge in [-0.05, 0) is 20.3 Å². The lowest BCUT2D eigenvalue weighted by molar-refractivity contribution is -0.155. The minimum Gasteiger partial charge on any atom is -0.374 e. The number of nitrogens with zero attached hydrogens (tertiary/aromatic N) is 1. The topological polar surface area (TPSA) is 43.0 Å². The van der Waals surface area contributed by atoms with E-state index in [1.807, 2.05) is 13.8 Å². The van der Waals surface area contributed by atoms with Crippen molar-refractivity contribution in [3.05, 3.63) is 0 Å². The van der Waals surface area contributed by atoms with Crippen LogP contribution in [0.1, 0.15) is 20.3 Å². The average Bonchev–Trinajstić information content (AvgIpc) is 2.66. The van der Waals surface area contributed by atoms with Gasteiger partial charge in [-0.2, -0.15) is 0 Å². The van der Waals surface area contributed by atoms with Crippen molar-refractivity contribution in [3.8, 4) is 0 Å². The van der Waals surface area contributed by atoms with Gasteiger partial charge in [0.05, 0.1) is 12.2 Å². The molecule has 3 atom stereocenters. The van der Waals surface area contributed by atoms with Crippen molar-refractivity contribution >= 4 is 0 Å². The Labute approximate surface area is 109 Å². The molecule has 0 unspecified atom stereocenters. The first-order valence-electron chi connectivity index (χ1n) is 7.04. The van der Waals surface area contributed by atoms with Gasteiger partial charge in [-0.25, -0.2) is 0 Å². The zero-order valence-electron chi connectivity index (χ0n) is 11.4. The third kappa shape index (κ3) is 2.70. The van der Waals surface area contributed by atoms with Crippen LogP contribution in [0.2, 0.25) is 0 Å². The summed E-state index contributed by atoms with van der Waals surface area (Å²) < 4.78 is 17.9. The fourth-order valence-electron chi connectivity index (χ4n) is 3.14. The van der Waals surface area contributed by atoms with E-state index in [1.165, 1.54) is 0 Å². The average molecular weight is 256 g/mol. The van der Waals surface area contributed by atoms with Gasteiger partial charge in [0.2, 0.25) is 0 Å². The van der Waals surface area contributed by atoms with E-state index in [4.69, 9.17) is 14.2 Å². The summed E-state index contributed by atoms with van der Waals surface area (Å²) in [4.78, 5) is 2.46. The molecule has 3 aliphatic rings. The lowest BCUT2D eigenvalue weighted by Crippen LogP contribution is -2.52. The minimum absolute atomic E-state index is 0.101. The molecule has 1 N–H and O–H groups in total. The summed E-state index contributed by atoms with van der Waals surface area (Å²) in [5.41, 5.74) is 0. The van der Waals surface area contributed by atoms with Crippen molar-refractivity contribution in [2.75, 3.05) is 39.3 Å². The van der Waals surface area contributed by atoms with Crippen molar-refractivity contribution in [2.45, 2.75) is 44.4 Å². The molecule has 0 spiro atoms. The largest absolute Gasteiger partial charge is 0.374 e. The fourth-order valence-corrected chi connectivity index (χ4v) is 3.14. The van der Waals surface area contributed by atoms with E-state index in [0.29, 0.717) is 0 Å². The van der Waals surface area contributed by atoms with Gasteiger partial charge in [-0.1, -0.05) is 0 Å². The summed E-state index contributed by atoms with van der Waals surface area (Å²) in [6, 6.07) is 0. The van der Waals surface area contributed by atoms with E-state index in [-0.39, 0.29) is 18.3 Å². The predicted octanol–water partition coefficient (Wildman–Crippen LogP) is 0.201. The highest BCUT2D eigenvalue weighted by molar-refractivity contribution is 4.92. The van der Waals surface area contributed by atoms with Crippen molar-refractivity contribution in [1.82, 2.24) is 10.2 Å². The van der Waals surface area contributed by atoms with Crippen LogP contribution in [0.5, 0.6) is 0 Å². The molecule has 0 aromatic carbocycles. The van der Waals surface area contributed by atoms with Crippen LogP contribution in [0.3, 0.4) is 0 Å². The third-order valence-corrected chi connectivity index (χ3v) is 3.97. The zero-order valence-corrected chi connectivity index (χ0v) is 11.4. The molecular formula is C13H24N2O3. The summed E-state index contributed by atoms with van der Waals surface area (Å²) in [5, 5.41) is 3.37. The van der Waals surface area contributed by atoms with E-state index in [2.05, 4.69) is 10.2 Å². The van der Waals surface area contributed by atoms with Crippen molar-refractivity contribution in [3.63, 3.8) is 0 Å². The lowest BCUT2D eigenvalue weighted by Gasteiger charge is -2.36.